The molecule has 8 heteroatoms. The van der Waals surface area contributed by atoms with Gasteiger partial charge in [0.05, 0.1) is 28.3 Å². The number of hydrogen-bond acceptors (Lipinski definition) is 4. The summed E-state index contributed by atoms with van der Waals surface area (Å²) in [6.45, 7) is 1.79. The highest BCUT2D eigenvalue weighted by Crippen LogP contribution is 2.29. The molecule has 36 heavy (non-hydrogen) atoms. The molecular weight excluding hydrogens is 454 g/mol. The predicted molar refractivity (Wildman–Crippen MR) is 138 cm³/mol. The number of carbonyl (C=O) groups is 1. The van der Waals surface area contributed by atoms with Crippen molar-refractivity contribution in [2.75, 3.05) is 0 Å². The van der Waals surface area contributed by atoms with Crippen LogP contribution in [0, 0.1) is 12.8 Å². The lowest BCUT2D eigenvalue weighted by molar-refractivity contribution is -0.116. The lowest BCUT2D eigenvalue weighted by atomic mass is 9.92. The number of amides is 1. The van der Waals surface area contributed by atoms with Gasteiger partial charge < -0.3 is 5.32 Å². The monoisotopic (exact) mass is 477 g/mol. The number of nitrogens with zero attached hydrogens (tertiary/aromatic N) is 4. The summed E-state index contributed by atoms with van der Waals surface area (Å²) >= 11 is 0. The number of rotatable bonds is 3. The Bertz CT molecular complexity index is 1750. The molecule has 178 valence electrons. The van der Waals surface area contributed by atoms with Crippen molar-refractivity contribution in [3.05, 3.63) is 117 Å². The summed E-state index contributed by atoms with van der Waals surface area (Å²) in [6.07, 6.45) is 9.32. The molecule has 0 bridgehead atoms. The van der Waals surface area contributed by atoms with Crippen LogP contribution in [0.2, 0.25) is 0 Å². The van der Waals surface area contributed by atoms with Crippen LogP contribution in [-0.4, -0.2) is 30.9 Å². The van der Waals surface area contributed by atoms with E-state index in [-0.39, 0.29) is 40.5 Å². The number of hydrogen-bond donors (Lipinski definition) is 1. The molecule has 4 aromatic rings. The summed E-state index contributed by atoms with van der Waals surface area (Å²) in [7, 11) is 1.78. The molecule has 1 aliphatic carbocycles. The molecular formula is C28H23N5O3. The Labute approximate surface area is 206 Å². The van der Waals surface area contributed by atoms with Gasteiger partial charge in [0.2, 0.25) is 5.91 Å². The zero-order valence-electron chi connectivity index (χ0n) is 19.8. The van der Waals surface area contributed by atoms with Crippen molar-refractivity contribution < 1.29 is 4.79 Å². The van der Waals surface area contributed by atoms with E-state index in [1.165, 1.54) is 9.25 Å². The van der Waals surface area contributed by atoms with Gasteiger partial charge in [0.25, 0.3) is 11.1 Å². The topological polar surface area (TPSA) is 90.9 Å². The number of carbonyl (C=O) groups excluding carboxylic acids is 1. The van der Waals surface area contributed by atoms with Gasteiger partial charge in [-0.25, -0.2) is 9.67 Å². The second-order valence-corrected chi connectivity index (χ2v) is 8.93. The van der Waals surface area contributed by atoms with E-state index >= 15 is 0 Å². The van der Waals surface area contributed by atoms with Gasteiger partial charge >= 0.3 is 0 Å². The molecule has 3 heterocycles. The quantitative estimate of drug-likeness (QED) is 0.460. The zero-order chi connectivity index (χ0) is 25.0. The van der Waals surface area contributed by atoms with Gasteiger partial charge in [-0.2, -0.15) is 0 Å². The van der Waals surface area contributed by atoms with E-state index in [1.54, 1.807) is 49.0 Å². The smallest absolute Gasteiger partial charge is 0.296 e. The number of benzene rings is 2. The van der Waals surface area contributed by atoms with Gasteiger partial charge in [0.1, 0.15) is 11.5 Å². The molecule has 0 saturated carbocycles. The standard InChI is InChI=1S/C28H23N5O3/c1-17-25(28(36)33(31(17)2)18-10-4-3-5-11-18)32-24(29-23-15-9-7-13-20(23)27(32)35)16-21-19-12-6-8-14-22(19)30-26(21)34/h3-16,19,22H,1-2H3,(H,30,34)/b21-16-. The Morgan fingerprint density at radius 1 is 0.917 bits per heavy atom. The van der Waals surface area contributed by atoms with Crippen LogP contribution < -0.4 is 16.4 Å². The third kappa shape index (κ3) is 3.22. The average Bonchev–Trinajstić information content (AvgIpc) is 3.32. The summed E-state index contributed by atoms with van der Waals surface area (Å²) in [5.41, 5.74) is 1.74. The summed E-state index contributed by atoms with van der Waals surface area (Å²) in [6, 6.07) is 16.1. The number of nitrogens with one attached hydrogen (secondary N) is 1. The van der Waals surface area contributed by atoms with E-state index in [9.17, 15) is 14.4 Å². The van der Waals surface area contributed by atoms with Gasteiger partial charge in [0.15, 0.2) is 0 Å². The maximum atomic E-state index is 13.9. The fourth-order valence-corrected chi connectivity index (χ4v) is 5.00. The van der Waals surface area contributed by atoms with E-state index in [1.807, 2.05) is 54.6 Å². The highest BCUT2D eigenvalue weighted by atomic mass is 16.2. The minimum Gasteiger partial charge on any atom is -0.345 e. The van der Waals surface area contributed by atoms with Crippen molar-refractivity contribution in [2.45, 2.75) is 13.0 Å². The fourth-order valence-electron chi connectivity index (χ4n) is 5.00. The molecule has 0 radical (unpaired) electrons. The molecule has 0 spiro atoms. The molecule has 2 aliphatic rings. The minimum atomic E-state index is -0.368. The summed E-state index contributed by atoms with van der Waals surface area (Å²) in [5, 5.41) is 3.36. The highest BCUT2D eigenvalue weighted by Gasteiger charge is 2.35. The van der Waals surface area contributed by atoms with Crippen LogP contribution in [-0.2, 0) is 11.8 Å². The Morgan fingerprint density at radius 3 is 2.44 bits per heavy atom. The molecule has 1 saturated heterocycles. The van der Waals surface area contributed by atoms with Crippen LogP contribution >= 0.6 is 0 Å². The molecule has 1 aliphatic heterocycles. The molecule has 1 amide bonds. The number of fused-ring (bicyclic) bond motifs is 2. The Morgan fingerprint density at radius 2 is 1.64 bits per heavy atom. The summed E-state index contributed by atoms with van der Waals surface area (Å²) in [4.78, 5) is 45.3. The maximum Gasteiger partial charge on any atom is 0.296 e. The molecule has 2 unspecified atom stereocenters. The van der Waals surface area contributed by atoms with Crippen molar-refractivity contribution in [3.63, 3.8) is 0 Å². The maximum absolute atomic E-state index is 13.9. The second-order valence-electron chi connectivity index (χ2n) is 8.93. The van der Waals surface area contributed by atoms with Gasteiger partial charge in [0, 0.05) is 18.5 Å². The van der Waals surface area contributed by atoms with Crippen molar-refractivity contribution in [1.82, 2.24) is 24.2 Å². The lowest BCUT2D eigenvalue weighted by Crippen LogP contribution is -2.29. The van der Waals surface area contributed by atoms with Crippen LogP contribution in [0.15, 0.2) is 94.1 Å². The first-order valence-electron chi connectivity index (χ1n) is 11.7. The largest absolute Gasteiger partial charge is 0.345 e. The highest BCUT2D eigenvalue weighted by molar-refractivity contribution is 6.01. The molecule has 6 rings (SSSR count). The normalized spacial score (nSPS) is 19.7. The summed E-state index contributed by atoms with van der Waals surface area (Å²) in [5.74, 6) is -0.169. The van der Waals surface area contributed by atoms with Crippen LogP contribution in [0.25, 0.3) is 28.4 Å². The Hall–Kier alpha value is -4.72. The van der Waals surface area contributed by atoms with E-state index in [0.29, 0.717) is 27.9 Å². The summed E-state index contributed by atoms with van der Waals surface area (Å²) < 4.78 is 4.59. The van der Waals surface area contributed by atoms with Gasteiger partial charge in [-0.1, -0.05) is 54.6 Å². The molecule has 2 aromatic carbocycles. The van der Waals surface area contributed by atoms with Crippen LogP contribution in [0.1, 0.15) is 11.5 Å². The van der Waals surface area contributed by atoms with Crippen molar-refractivity contribution in [2.24, 2.45) is 13.0 Å². The average molecular weight is 478 g/mol. The predicted octanol–water partition coefficient (Wildman–Crippen LogP) is 2.81. The second kappa shape index (κ2) is 8.20. The van der Waals surface area contributed by atoms with E-state index < -0.39 is 0 Å². The van der Waals surface area contributed by atoms with E-state index in [2.05, 4.69) is 5.32 Å². The van der Waals surface area contributed by atoms with E-state index in [4.69, 9.17) is 4.98 Å². The first-order chi connectivity index (χ1) is 17.5. The number of para-hydroxylation sites is 2. The zero-order valence-corrected chi connectivity index (χ0v) is 19.8. The SMILES string of the molecule is Cc1c(-n2c(/C=C3\C(=O)NC4C=CC=CC34)nc3ccccc3c2=O)c(=O)n(-c2ccccc2)n1C. The molecule has 8 nitrogen and oxygen atoms in total. The van der Waals surface area contributed by atoms with Gasteiger partial charge in [-0.3, -0.25) is 23.6 Å². The molecule has 2 atom stereocenters. The molecule has 1 fully saturated rings. The first-order valence-corrected chi connectivity index (χ1v) is 11.7. The van der Waals surface area contributed by atoms with Gasteiger partial charge in [-0.05, 0) is 37.3 Å². The van der Waals surface area contributed by atoms with Crippen LogP contribution in [0.3, 0.4) is 0 Å². The Kier molecular flexibility index (Phi) is 4.96. The molecule has 2 aromatic heterocycles. The van der Waals surface area contributed by atoms with Crippen LogP contribution in [0.4, 0.5) is 0 Å². The minimum absolute atomic E-state index is 0.150. The van der Waals surface area contributed by atoms with E-state index in [0.717, 1.165) is 0 Å². The van der Waals surface area contributed by atoms with Gasteiger partial charge in [-0.15, -0.1) is 0 Å². The molecule has 1 N–H and O–H groups in total. The third-order valence-corrected chi connectivity index (χ3v) is 6.89. The lowest BCUT2D eigenvalue weighted by Gasteiger charge is -2.15. The number of aromatic nitrogens is 4. The third-order valence-electron chi connectivity index (χ3n) is 6.89. The number of allylic oxidation sites excluding steroid dienone is 2. The fraction of sp³-hybridized carbons (Fsp3) is 0.143. The van der Waals surface area contributed by atoms with Crippen LogP contribution in [0.5, 0.6) is 0 Å². The Balaban J connectivity index is 1.66. The van der Waals surface area contributed by atoms with Crippen molar-refractivity contribution in [1.29, 1.82) is 0 Å². The van der Waals surface area contributed by atoms with Crippen molar-refractivity contribution >= 4 is 22.9 Å². The van der Waals surface area contributed by atoms with Crippen molar-refractivity contribution in [3.8, 4) is 11.4 Å². The first kappa shape index (κ1) is 21.8.